The molecular formula is C13H26N2. The Morgan fingerprint density at radius 2 is 2.07 bits per heavy atom. The molecule has 0 aromatic heterocycles. The van der Waals surface area contributed by atoms with Crippen molar-refractivity contribution in [3.05, 3.63) is 12.7 Å². The van der Waals surface area contributed by atoms with E-state index in [9.17, 15) is 0 Å². The highest BCUT2D eigenvalue weighted by Gasteiger charge is 2.18. The van der Waals surface area contributed by atoms with Gasteiger partial charge in [-0.15, -0.1) is 6.58 Å². The van der Waals surface area contributed by atoms with Crippen LogP contribution in [0.1, 0.15) is 33.1 Å². The lowest BCUT2D eigenvalue weighted by molar-refractivity contribution is 0.180. The molecule has 2 nitrogen and oxygen atoms in total. The van der Waals surface area contributed by atoms with E-state index >= 15 is 0 Å². The van der Waals surface area contributed by atoms with Crippen LogP contribution in [0.25, 0.3) is 0 Å². The lowest BCUT2D eigenvalue weighted by Gasteiger charge is -2.33. The number of rotatable bonds is 6. The zero-order chi connectivity index (χ0) is 11.1. The minimum atomic E-state index is 0.744. The van der Waals surface area contributed by atoms with Crippen LogP contribution >= 0.6 is 0 Å². The van der Waals surface area contributed by atoms with E-state index in [1.54, 1.807) is 0 Å². The van der Waals surface area contributed by atoms with Gasteiger partial charge in [0.05, 0.1) is 0 Å². The molecule has 1 saturated heterocycles. The van der Waals surface area contributed by atoms with E-state index in [1.807, 2.05) is 6.08 Å². The summed E-state index contributed by atoms with van der Waals surface area (Å²) in [5, 5.41) is 3.60. The Kier molecular flexibility index (Phi) is 5.96. The largest absolute Gasteiger partial charge is 0.314 e. The SMILES string of the molecule is C=CCCNC1CCN(CC(C)C)CC1. The molecule has 1 aliphatic rings. The van der Waals surface area contributed by atoms with Crippen molar-refractivity contribution < 1.29 is 0 Å². The van der Waals surface area contributed by atoms with Crippen LogP contribution in [-0.4, -0.2) is 37.1 Å². The van der Waals surface area contributed by atoms with Crippen LogP contribution in [0.2, 0.25) is 0 Å². The first-order chi connectivity index (χ1) is 7.22. The minimum absolute atomic E-state index is 0.744. The number of likely N-dealkylation sites (tertiary alicyclic amines) is 1. The quantitative estimate of drug-likeness (QED) is 0.534. The van der Waals surface area contributed by atoms with Crippen LogP contribution < -0.4 is 5.32 Å². The second-order valence-corrected chi connectivity index (χ2v) is 5.00. The Morgan fingerprint density at radius 3 is 2.60 bits per heavy atom. The van der Waals surface area contributed by atoms with Crippen LogP contribution in [-0.2, 0) is 0 Å². The Bertz CT molecular complexity index is 169. The third-order valence-corrected chi connectivity index (χ3v) is 2.99. The molecule has 0 bridgehead atoms. The van der Waals surface area contributed by atoms with Gasteiger partial charge < -0.3 is 10.2 Å². The summed E-state index contributed by atoms with van der Waals surface area (Å²) < 4.78 is 0. The van der Waals surface area contributed by atoms with Crippen molar-refractivity contribution in [2.24, 2.45) is 5.92 Å². The van der Waals surface area contributed by atoms with Crippen molar-refractivity contribution in [1.82, 2.24) is 10.2 Å². The van der Waals surface area contributed by atoms with Gasteiger partial charge in [-0.3, -0.25) is 0 Å². The summed E-state index contributed by atoms with van der Waals surface area (Å²) >= 11 is 0. The van der Waals surface area contributed by atoms with Crippen LogP contribution in [0.15, 0.2) is 12.7 Å². The van der Waals surface area contributed by atoms with Crippen LogP contribution in [0.5, 0.6) is 0 Å². The normalized spacial score (nSPS) is 19.7. The number of nitrogens with zero attached hydrogens (tertiary/aromatic N) is 1. The smallest absolute Gasteiger partial charge is 0.00915 e. The average Bonchev–Trinajstić information content (AvgIpc) is 2.20. The molecule has 88 valence electrons. The number of piperidine rings is 1. The predicted octanol–water partition coefficient (Wildman–Crippen LogP) is 2.27. The van der Waals surface area contributed by atoms with Gasteiger partial charge >= 0.3 is 0 Å². The standard InChI is InChI=1S/C13H26N2/c1-4-5-8-14-13-6-9-15(10-7-13)11-12(2)3/h4,12-14H,1,5-11H2,2-3H3. The zero-order valence-corrected chi connectivity index (χ0v) is 10.3. The Labute approximate surface area is 94.7 Å². The van der Waals surface area contributed by atoms with Gasteiger partial charge in [0.15, 0.2) is 0 Å². The molecule has 1 fully saturated rings. The minimum Gasteiger partial charge on any atom is -0.314 e. The molecule has 1 rings (SSSR count). The van der Waals surface area contributed by atoms with Gasteiger partial charge in [-0.2, -0.15) is 0 Å². The summed E-state index contributed by atoms with van der Waals surface area (Å²) in [6.07, 6.45) is 5.70. The summed E-state index contributed by atoms with van der Waals surface area (Å²) in [6, 6.07) is 0.744. The van der Waals surface area contributed by atoms with E-state index in [0.717, 1.165) is 24.9 Å². The fourth-order valence-corrected chi connectivity index (χ4v) is 2.23. The lowest BCUT2D eigenvalue weighted by atomic mass is 10.0. The highest BCUT2D eigenvalue weighted by atomic mass is 15.1. The van der Waals surface area contributed by atoms with E-state index in [-0.39, 0.29) is 0 Å². The molecule has 1 aliphatic heterocycles. The van der Waals surface area contributed by atoms with E-state index in [0.29, 0.717) is 0 Å². The third-order valence-electron chi connectivity index (χ3n) is 2.99. The Balaban J connectivity index is 2.09. The molecule has 0 aliphatic carbocycles. The second kappa shape index (κ2) is 7.02. The lowest BCUT2D eigenvalue weighted by Crippen LogP contribution is -2.43. The molecule has 0 spiro atoms. The topological polar surface area (TPSA) is 15.3 Å². The molecule has 0 atom stereocenters. The maximum absolute atomic E-state index is 3.74. The van der Waals surface area contributed by atoms with Crippen LogP contribution in [0.3, 0.4) is 0 Å². The molecule has 0 radical (unpaired) electrons. The molecule has 0 amide bonds. The van der Waals surface area contributed by atoms with Gasteiger partial charge in [-0.05, 0) is 44.8 Å². The monoisotopic (exact) mass is 210 g/mol. The summed E-state index contributed by atoms with van der Waals surface area (Å²) in [5.74, 6) is 0.801. The molecule has 0 aromatic rings. The van der Waals surface area contributed by atoms with Crippen molar-refractivity contribution in [3.8, 4) is 0 Å². The third kappa shape index (κ3) is 5.33. The molecule has 2 heteroatoms. The molecule has 0 unspecified atom stereocenters. The maximum Gasteiger partial charge on any atom is 0.00915 e. The molecule has 15 heavy (non-hydrogen) atoms. The highest BCUT2D eigenvalue weighted by Crippen LogP contribution is 2.11. The average molecular weight is 210 g/mol. The van der Waals surface area contributed by atoms with Gasteiger partial charge in [0.1, 0.15) is 0 Å². The van der Waals surface area contributed by atoms with Crippen molar-refractivity contribution >= 4 is 0 Å². The molecule has 0 aromatic carbocycles. The molecular weight excluding hydrogens is 184 g/mol. The van der Waals surface area contributed by atoms with Gasteiger partial charge in [0.25, 0.3) is 0 Å². The first-order valence-corrected chi connectivity index (χ1v) is 6.29. The van der Waals surface area contributed by atoms with Gasteiger partial charge in [-0.25, -0.2) is 0 Å². The van der Waals surface area contributed by atoms with Gasteiger partial charge in [0, 0.05) is 12.6 Å². The fraction of sp³-hybridized carbons (Fsp3) is 0.846. The Morgan fingerprint density at radius 1 is 1.40 bits per heavy atom. The van der Waals surface area contributed by atoms with Crippen LogP contribution in [0.4, 0.5) is 0 Å². The summed E-state index contributed by atoms with van der Waals surface area (Å²) in [5.41, 5.74) is 0. The number of nitrogens with one attached hydrogen (secondary N) is 1. The summed E-state index contributed by atoms with van der Waals surface area (Å²) in [4.78, 5) is 2.59. The summed E-state index contributed by atoms with van der Waals surface area (Å²) in [6.45, 7) is 13.2. The first kappa shape index (κ1) is 12.7. The maximum atomic E-state index is 3.74. The van der Waals surface area contributed by atoms with Crippen LogP contribution in [0, 0.1) is 5.92 Å². The van der Waals surface area contributed by atoms with E-state index in [4.69, 9.17) is 0 Å². The van der Waals surface area contributed by atoms with Crippen molar-refractivity contribution in [2.45, 2.75) is 39.2 Å². The van der Waals surface area contributed by atoms with Crippen molar-refractivity contribution in [3.63, 3.8) is 0 Å². The zero-order valence-electron chi connectivity index (χ0n) is 10.3. The van der Waals surface area contributed by atoms with Gasteiger partial charge in [0.2, 0.25) is 0 Å². The summed E-state index contributed by atoms with van der Waals surface area (Å²) in [7, 11) is 0. The number of hydrogen-bond donors (Lipinski definition) is 1. The Hall–Kier alpha value is -0.340. The second-order valence-electron chi connectivity index (χ2n) is 5.00. The number of hydrogen-bond acceptors (Lipinski definition) is 2. The molecule has 1 heterocycles. The molecule has 0 saturated carbocycles. The van der Waals surface area contributed by atoms with Gasteiger partial charge in [-0.1, -0.05) is 19.9 Å². The first-order valence-electron chi connectivity index (χ1n) is 6.29. The van der Waals surface area contributed by atoms with Crippen molar-refractivity contribution in [2.75, 3.05) is 26.2 Å². The highest BCUT2D eigenvalue weighted by molar-refractivity contribution is 4.78. The van der Waals surface area contributed by atoms with E-state index < -0.39 is 0 Å². The molecule has 1 N–H and O–H groups in total. The predicted molar refractivity (Wildman–Crippen MR) is 67.1 cm³/mol. The van der Waals surface area contributed by atoms with E-state index in [2.05, 4.69) is 30.6 Å². The van der Waals surface area contributed by atoms with Crippen molar-refractivity contribution in [1.29, 1.82) is 0 Å². The van der Waals surface area contributed by atoms with E-state index in [1.165, 1.54) is 32.5 Å². The fourth-order valence-electron chi connectivity index (χ4n) is 2.23.